The van der Waals surface area contributed by atoms with Crippen molar-refractivity contribution in [2.75, 3.05) is 14.2 Å². The molecule has 1 unspecified atom stereocenters. The number of carbonyl (C=O) groups excluding carboxylic acids is 1. The second kappa shape index (κ2) is 4.73. The fourth-order valence-electron chi connectivity index (χ4n) is 2.02. The lowest BCUT2D eigenvalue weighted by Crippen LogP contribution is -2.17. The van der Waals surface area contributed by atoms with Gasteiger partial charge in [0.05, 0.1) is 20.1 Å². The summed E-state index contributed by atoms with van der Waals surface area (Å²) in [6.07, 6.45) is 1.88. The highest BCUT2D eigenvalue weighted by atomic mass is 19.1. The van der Waals surface area contributed by atoms with E-state index in [0.29, 0.717) is 11.3 Å². The highest BCUT2D eigenvalue weighted by molar-refractivity contribution is 5.79. The third-order valence-electron chi connectivity index (χ3n) is 3.09. The first kappa shape index (κ1) is 11.9. The first-order valence-corrected chi connectivity index (χ1v) is 5.58. The van der Waals surface area contributed by atoms with Gasteiger partial charge in [0.2, 0.25) is 0 Å². The number of benzene rings is 1. The topological polar surface area (TPSA) is 35.5 Å². The third-order valence-corrected chi connectivity index (χ3v) is 3.09. The van der Waals surface area contributed by atoms with E-state index in [0.717, 1.165) is 12.8 Å². The maximum absolute atomic E-state index is 13.8. The Bertz CT molecular complexity index is 427. The summed E-state index contributed by atoms with van der Waals surface area (Å²) in [7, 11) is 2.84. The molecule has 92 valence electrons. The number of ether oxygens (including phenoxy) is 2. The molecule has 0 aromatic heterocycles. The lowest BCUT2D eigenvalue weighted by molar-refractivity contribution is -0.143. The van der Waals surface area contributed by atoms with Gasteiger partial charge in [0.15, 0.2) is 0 Å². The van der Waals surface area contributed by atoms with E-state index in [-0.39, 0.29) is 17.7 Å². The van der Waals surface area contributed by atoms with Gasteiger partial charge in [-0.2, -0.15) is 0 Å². The monoisotopic (exact) mass is 238 g/mol. The number of carbonyl (C=O) groups is 1. The van der Waals surface area contributed by atoms with E-state index in [1.54, 1.807) is 12.1 Å². The number of methoxy groups -OCH3 is 2. The zero-order valence-electron chi connectivity index (χ0n) is 9.90. The maximum atomic E-state index is 13.8. The van der Waals surface area contributed by atoms with Crippen LogP contribution >= 0.6 is 0 Å². The molecule has 1 aliphatic carbocycles. The van der Waals surface area contributed by atoms with Crippen LogP contribution in [0.4, 0.5) is 4.39 Å². The lowest BCUT2D eigenvalue weighted by atomic mass is 9.93. The molecular weight excluding hydrogens is 223 g/mol. The van der Waals surface area contributed by atoms with Gasteiger partial charge in [-0.05, 0) is 37.0 Å². The molecule has 1 aromatic carbocycles. The Morgan fingerprint density at radius 3 is 2.65 bits per heavy atom. The number of hydrogen-bond acceptors (Lipinski definition) is 3. The smallest absolute Gasteiger partial charge is 0.313 e. The molecule has 4 heteroatoms. The molecule has 1 aromatic rings. The minimum atomic E-state index is -0.505. The van der Waals surface area contributed by atoms with Gasteiger partial charge in [-0.3, -0.25) is 4.79 Å². The van der Waals surface area contributed by atoms with Gasteiger partial charge in [-0.15, -0.1) is 0 Å². The molecule has 1 atom stereocenters. The number of halogens is 1. The normalized spacial score (nSPS) is 16.4. The van der Waals surface area contributed by atoms with Crippen molar-refractivity contribution in [2.45, 2.75) is 18.8 Å². The predicted octanol–water partition coefficient (Wildman–Crippen LogP) is 2.50. The molecule has 0 aliphatic heterocycles. The zero-order chi connectivity index (χ0) is 12.4. The SMILES string of the molecule is COC(=O)C(c1cc(OC)ccc1F)C1CC1. The summed E-state index contributed by atoms with van der Waals surface area (Å²) in [6, 6.07) is 4.45. The van der Waals surface area contributed by atoms with E-state index in [4.69, 9.17) is 9.47 Å². The van der Waals surface area contributed by atoms with Crippen molar-refractivity contribution in [3.63, 3.8) is 0 Å². The maximum Gasteiger partial charge on any atom is 0.313 e. The third kappa shape index (κ3) is 2.40. The standard InChI is InChI=1S/C13H15FO3/c1-16-9-5-6-11(14)10(7-9)12(8-3-4-8)13(15)17-2/h5-8,12H,3-4H2,1-2H3. The van der Waals surface area contributed by atoms with Gasteiger partial charge in [-0.25, -0.2) is 4.39 Å². The summed E-state index contributed by atoms with van der Waals surface area (Å²) in [5.74, 6) is -0.511. The predicted molar refractivity (Wildman–Crippen MR) is 60.4 cm³/mol. The Morgan fingerprint density at radius 2 is 2.12 bits per heavy atom. The van der Waals surface area contributed by atoms with Crippen LogP contribution in [0.3, 0.4) is 0 Å². The molecule has 1 aliphatic rings. The van der Waals surface area contributed by atoms with Crippen molar-refractivity contribution in [2.24, 2.45) is 5.92 Å². The summed E-state index contributed by atoms with van der Waals surface area (Å²) >= 11 is 0. The molecule has 1 saturated carbocycles. The Morgan fingerprint density at radius 1 is 1.41 bits per heavy atom. The van der Waals surface area contributed by atoms with Crippen LogP contribution in [0.2, 0.25) is 0 Å². The zero-order valence-corrected chi connectivity index (χ0v) is 9.90. The van der Waals surface area contributed by atoms with Gasteiger partial charge < -0.3 is 9.47 Å². The van der Waals surface area contributed by atoms with Crippen molar-refractivity contribution in [1.29, 1.82) is 0 Å². The minimum absolute atomic E-state index is 0.198. The van der Waals surface area contributed by atoms with Crippen LogP contribution in [0.15, 0.2) is 18.2 Å². The molecule has 2 rings (SSSR count). The van der Waals surface area contributed by atoms with Crippen LogP contribution < -0.4 is 4.74 Å². The van der Waals surface area contributed by atoms with Gasteiger partial charge in [0, 0.05) is 5.56 Å². The summed E-state index contributed by atoms with van der Waals surface area (Å²) in [5, 5.41) is 0. The Kier molecular flexibility index (Phi) is 3.31. The molecule has 0 heterocycles. The molecule has 0 spiro atoms. The van der Waals surface area contributed by atoms with Gasteiger partial charge in [0.25, 0.3) is 0 Å². The Hall–Kier alpha value is -1.58. The molecule has 0 saturated heterocycles. The van der Waals surface area contributed by atoms with Crippen molar-refractivity contribution in [3.05, 3.63) is 29.6 Å². The van der Waals surface area contributed by atoms with Crippen molar-refractivity contribution in [3.8, 4) is 5.75 Å². The molecular formula is C13H15FO3. The van der Waals surface area contributed by atoms with Crippen LogP contribution in [0.25, 0.3) is 0 Å². The minimum Gasteiger partial charge on any atom is -0.497 e. The van der Waals surface area contributed by atoms with E-state index in [1.807, 2.05) is 0 Å². The van der Waals surface area contributed by atoms with Crippen molar-refractivity contribution < 1.29 is 18.7 Å². The number of rotatable bonds is 4. The molecule has 17 heavy (non-hydrogen) atoms. The van der Waals surface area contributed by atoms with Gasteiger partial charge in [0.1, 0.15) is 11.6 Å². The van der Waals surface area contributed by atoms with E-state index >= 15 is 0 Å². The van der Waals surface area contributed by atoms with Crippen LogP contribution in [0, 0.1) is 11.7 Å². The number of hydrogen-bond donors (Lipinski definition) is 0. The Labute approximate surface area is 99.5 Å². The Balaban J connectivity index is 2.37. The molecule has 1 fully saturated rings. The second-order valence-electron chi connectivity index (χ2n) is 4.23. The average molecular weight is 238 g/mol. The summed E-state index contributed by atoms with van der Waals surface area (Å²) in [6.45, 7) is 0. The summed E-state index contributed by atoms with van der Waals surface area (Å²) in [5.41, 5.74) is 0.374. The molecule has 3 nitrogen and oxygen atoms in total. The molecule has 0 bridgehead atoms. The summed E-state index contributed by atoms with van der Waals surface area (Å²) < 4.78 is 23.6. The van der Waals surface area contributed by atoms with Gasteiger partial charge >= 0.3 is 5.97 Å². The molecule has 0 amide bonds. The second-order valence-corrected chi connectivity index (χ2v) is 4.23. The number of esters is 1. The van der Waals surface area contributed by atoms with E-state index in [2.05, 4.69) is 0 Å². The molecule has 0 radical (unpaired) electrons. The first-order chi connectivity index (χ1) is 8.17. The average Bonchev–Trinajstić information content (AvgIpc) is 3.16. The van der Waals surface area contributed by atoms with Crippen molar-refractivity contribution >= 4 is 5.97 Å². The van der Waals surface area contributed by atoms with Crippen LogP contribution in [-0.4, -0.2) is 20.2 Å². The van der Waals surface area contributed by atoms with Crippen LogP contribution in [0.1, 0.15) is 24.3 Å². The van der Waals surface area contributed by atoms with E-state index < -0.39 is 5.92 Å². The van der Waals surface area contributed by atoms with Gasteiger partial charge in [-0.1, -0.05) is 0 Å². The fourth-order valence-corrected chi connectivity index (χ4v) is 2.02. The first-order valence-electron chi connectivity index (χ1n) is 5.58. The van der Waals surface area contributed by atoms with E-state index in [9.17, 15) is 9.18 Å². The molecule has 0 N–H and O–H groups in total. The largest absolute Gasteiger partial charge is 0.497 e. The quantitative estimate of drug-likeness (QED) is 0.756. The lowest BCUT2D eigenvalue weighted by Gasteiger charge is -2.15. The highest BCUT2D eigenvalue weighted by Crippen LogP contribution is 2.44. The fraction of sp³-hybridized carbons (Fsp3) is 0.462. The summed E-state index contributed by atoms with van der Waals surface area (Å²) in [4.78, 5) is 11.7. The van der Waals surface area contributed by atoms with E-state index in [1.165, 1.54) is 20.3 Å². The highest BCUT2D eigenvalue weighted by Gasteiger charge is 2.39. The van der Waals surface area contributed by atoms with Crippen molar-refractivity contribution in [1.82, 2.24) is 0 Å². The van der Waals surface area contributed by atoms with Crippen LogP contribution in [0.5, 0.6) is 5.75 Å². The van der Waals surface area contributed by atoms with Crippen LogP contribution in [-0.2, 0) is 9.53 Å².